The fourth-order valence-corrected chi connectivity index (χ4v) is 2.35. The Kier molecular flexibility index (Phi) is 1.60. The van der Waals surface area contributed by atoms with Crippen LogP contribution in [0.15, 0.2) is 0 Å². The number of carbonyl (C=O) groups excluding carboxylic acids is 2. The standard InChI is InChI=1S/C8H13N3O2/c9-7(13)11-4-5-3-8(5,10)6(11)1-2-12/h2,5-6H,1,3-4,10H2,(H2,9,13). The SMILES string of the molecule is NC(=O)N1CC2CC2(N)C1CC=O. The van der Waals surface area contributed by atoms with Crippen LogP contribution in [-0.2, 0) is 4.79 Å². The number of nitrogens with zero attached hydrogens (tertiary/aromatic N) is 1. The summed E-state index contributed by atoms with van der Waals surface area (Å²) in [5.74, 6) is 0.352. The van der Waals surface area contributed by atoms with Crippen molar-refractivity contribution in [3.63, 3.8) is 0 Å². The maximum absolute atomic E-state index is 11.0. The molecule has 0 radical (unpaired) electrons. The minimum absolute atomic E-state index is 0.174. The van der Waals surface area contributed by atoms with E-state index in [1.54, 1.807) is 0 Å². The van der Waals surface area contributed by atoms with Gasteiger partial charge in [-0.15, -0.1) is 0 Å². The molecule has 2 amide bonds. The first-order chi connectivity index (χ1) is 6.09. The first-order valence-electron chi connectivity index (χ1n) is 4.38. The number of urea groups is 1. The van der Waals surface area contributed by atoms with E-state index in [0.29, 0.717) is 18.9 Å². The van der Waals surface area contributed by atoms with Gasteiger partial charge < -0.3 is 21.2 Å². The second-order valence-electron chi connectivity index (χ2n) is 3.92. The fourth-order valence-electron chi connectivity index (χ4n) is 2.35. The van der Waals surface area contributed by atoms with Gasteiger partial charge in [0.15, 0.2) is 0 Å². The molecular formula is C8H13N3O2. The largest absolute Gasteiger partial charge is 0.351 e. The van der Waals surface area contributed by atoms with Crippen LogP contribution in [0.2, 0.25) is 0 Å². The number of carbonyl (C=O) groups is 2. The van der Waals surface area contributed by atoms with E-state index in [4.69, 9.17) is 11.5 Å². The van der Waals surface area contributed by atoms with Crippen molar-refractivity contribution in [2.45, 2.75) is 24.4 Å². The highest BCUT2D eigenvalue weighted by atomic mass is 16.2. The van der Waals surface area contributed by atoms with Crippen LogP contribution >= 0.6 is 0 Å². The summed E-state index contributed by atoms with van der Waals surface area (Å²) in [5.41, 5.74) is 10.9. The maximum atomic E-state index is 11.0. The fraction of sp³-hybridized carbons (Fsp3) is 0.750. The molecule has 1 saturated heterocycles. The van der Waals surface area contributed by atoms with Crippen LogP contribution in [0.4, 0.5) is 4.79 Å². The molecule has 5 nitrogen and oxygen atoms in total. The topological polar surface area (TPSA) is 89.4 Å². The average molecular weight is 183 g/mol. The van der Waals surface area contributed by atoms with Crippen molar-refractivity contribution in [1.29, 1.82) is 0 Å². The number of rotatable bonds is 2. The minimum Gasteiger partial charge on any atom is -0.351 e. The zero-order chi connectivity index (χ0) is 9.64. The number of primary amides is 1. The lowest BCUT2D eigenvalue weighted by Gasteiger charge is -2.27. The number of nitrogens with two attached hydrogens (primary N) is 2. The highest BCUT2D eigenvalue weighted by Gasteiger charge is 2.64. The van der Waals surface area contributed by atoms with E-state index in [0.717, 1.165) is 12.7 Å². The quantitative estimate of drug-likeness (QED) is 0.541. The third-order valence-corrected chi connectivity index (χ3v) is 3.22. The Balaban J connectivity index is 2.15. The molecule has 2 rings (SSSR count). The van der Waals surface area contributed by atoms with Crippen LogP contribution in [0.1, 0.15) is 12.8 Å². The summed E-state index contributed by atoms with van der Waals surface area (Å²) in [6, 6.07) is -0.642. The van der Waals surface area contributed by atoms with E-state index in [2.05, 4.69) is 0 Å². The van der Waals surface area contributed by atoms with Gasteiger partial charge in [-0.25, -0.2) is 4.79 Å². The summed E-state index contributed by atoms with van der Waals surface area (Å²) in [6.07, 6.45) is 2.02. The van der Waals surface area contributed by atoms with Gasteiger partial charge in [0.2, 0.25) is 0 Å². The van der Waals surface area contributed by atoms with Gasteiger partial charge in [-0.3, -0.25) is 0 Å². The lowest BCUT2D eigenvalue weighted by Crippen LogP contribution is -2.49. The lowest BCUT2D eigenvalue weighted by atomic mass is 10.0. The van der Waals surface area contributed by atoms with Gasteiger partial charge in [-0.1, -0.05) is 0 Å². The molecule has 4 N–H and O–H groups in total. The van der Waals surface area contributed by atoms with Gasteiger partial charge in [0.25, 0.3) is 0 Å². The van der Waals surface area contributed by atoms with Crippen molar-refractivity contribution >= 4 is 12.3 Å². The average Bonchev–Trinajstić information content (AvgIpc) is 2.63. The van der Waals surface area contributed by atoms with E-state index < -0.39 is 6.03 Å². The molecule has 0 spiro atoms. The van der Waals surface area contributed by atoms with Crippen molar-refractivity contribution in [2.75, 3.05) is 6.54 Å². The normalized spacial score (nSPS) is 41.5. The summed E-state index contributed by atoms with van der Waals surface area (Å²) in [5, 5.41) is 0. The Morgan fingerprint density at radius 1 is 1.69 bits per heavy atom. The van der Waals surface area contributed by atoms with E-state index in [9.17, 15) is 9.59 Å². The lowest BCUT2D eigenvalue weighted by molar-refractivity contribution is -0.108. The third kappa shape index (κ3) is 1.03. The molecule has 13 heavy (non-hydrogen) atoms. The predicted octanol–water partition coefficient (Wildman–Crippen LogP) is -0.944. The van der Waals surface area contributed by atoms with Crippen molar-refractivity contribution < 1.29 is 9.59 Å². The summed E-state index contributed by atoms with van der Waals surface area (Å²) in [6.45, 7) is 0.615. The Bertz CT molecular complexity index is 268. The molecule has 3 atom stereocenters. The first-order valence-corrected chi connectivity index (χ1v) is 4.38. The molecule has 3 unspecified atom stereocenters. The first kappa shape index (κ1) is 8.50. The number of amides is 2. The summed E-state index contributed by atoms with van der Waals surface area (Å²) < 4.78 is 0. The highest BCUT2D eigenvalue weighted by molar-refractivity contribution is 5.74. The van der Waals surface area contributed by atoms with E-state index in [1.165, 1.54) is 4.90 Å². The van der Waals surface area contributed by atoms with Crippen LogP contribution in [0.5, 0.6) is 0 Å². The summed E-state index contributed by atoms with van der Waals surface area (Å²) >= 11 is 0. The number of hydrogen-bond acceptors (Lipinski definition) is 3. The molecule has 72 valence electrons. The van der Waals surface area contributed by atoms with Crippen LogP contribution in [0.25, 0.3) is 0 Å². The molecule has 2 aliphatic rings. The Morgan fingerprint density at radius 2 is 2.38 bits per heavy atom. The number of hydrogen-bond donors (Lipinski definition) is 2. The second kappa shape index (κ2) is 2.45. The number of likely N-dealkylation sites (tertiary alicyclic amines) is 1. The van der Waals surface area contributed by atoms with Crippen LogP contribution in [-0.4, -0.2) is 35.3 Å². The van der Waals surface area contributed by atoms with Gasteiger partial charge in [0.1, 0.15) is 6.29 Å². The molecule has 1 aliphatic carbocycles. The molecule has 5 heteroatoms. The predicted molar refractivity (Wildman–Crippen MR) is 45.8 cm³/mol. The van der Waals surface area contributed by atoms with E-state index >= 15 is 0 Å². The molecule has 1 aliphatic heterocycles. The zero-order valence-corrected chi connectivity index (χ0v) is 7.27. The van der Waals surface area contributed by atoms with Crippen LogP contribution in [0.3, 0.4) is 0 Å². The van der Waals surface area contributed by atoms with Gasteiger partial charge in [0.05, 0.1) is 6.04 Å². The van der Waals surface area contributed by atoms with Crippen LogP contribution < -0.4 is 11.5 Å². The van der Waals surface area contributed by atoms with E-state index in [-0.39, 0.29) is 11.6 Å². The monoisotopic (exact) mass is 183 g/mol. The maximum Gasteiger partial charge on any atom is 0.315 e. The molecule has 1 saturated carbocycles. The summed E-state index contributed by atoms with van der Waals surface area (Å²) in [7, 11) is 0. The van der Waals surface area contributed by atoms with Gasteiger partial charge >= 0.3 is 6.03 Å². The Hall–Kier alpha value is -1.10. The Morgan fingerprint density at radius 3 is 2.92 bits per heavy atom. The molecule has 0 aromatic carbocycles. The molecule has 0 bridgehead atoms. The van der Waals surface area contributed by atoms with Gasteiger partial charge in [0, 0.05) is 18.5 Å². The molecule has 0 aromatic rings. The van der Waals surface area contributed by atoms with Gasteiger partial charge in [-0.2, -0.15) is 0 Å². The number of fused-ring (bicyclic) bond motifs is 1. The van der Waals surface area contributed by atoms with E-state index in [1.807, 2.05) is 0 Å². The zero-order valence-electron chi connectivity index (χ0n) is 7.27. The van der Waals surface area contributed by atoms with Crippen LogP contribution in [0, 0.1) is 5.92 Å². The van der Waals surface area contributed by atoms with Crippen molar-refractivity contribution in [3.05, 3.63) is 0 Å². The molecule has 0 aromatic heterocycles. The second-order valence-corrected chi connectivity index (χ2v) is 3.92. The minimum atomic E-state index is -0.469. The van der Waals surface area contributed by atoms with Crippen molar-refractivity contribution in [2.24, 2.45) is 17.4 Å². The third-order valence-electron chi connectivity index (χ3n) is 3.22. The van der Waals surface area contributed by atoms with Crippen molar-refractivity contribution in [3.8, 4) is 0 Å². The van der Waals surface area contributed by atoms with Gasteiger partial charge in [-0.05, 0) is 12.3 Å². The smallest absolute Gasteiger partial charge is 0.315 e. The molecule has 1 heterocycles. The number of aldehydes is 1. The Labute approximate surface area is 76.0 Å². The molecule has 2 fully saturated rings. The van der Waals surface area contributed by atoms with Crippen molar-refractivity contribution in [1.82, 2.24) is 4.90 Å². The molecular weight excluding hydrogens is 170 g/mol. The highest BCUT2D eigenvalue weighted by Crippen LogP contribution is 2.52. The number of piperidine rings is 1. The summed E-state index contributed by atoms with van der Waals surface area (Å²) in [4.78, 5) is 22.9.